The Morgan fingerprint density at radius 1 is 1.14 bits per heavy atom. The van der Waals surface area contributed by atoms with Crippen LogP contribution in [-0.4, -0.2) is 46.0 Å². The number of carbonyl (C=O) groups excluding carboxylic acids is 1. The molecule has 0 aliphatic carbocycles. The molecule has 6 nitrogen and oxygen atoms in total. The van der Waals surface area contributed by atoms with Crippen LogP contribution in [0.25, 0.3) is 0 Å². The number of rotatable bonds is 11. The van der Waals surface area contributed by atoms with E-state index in [0.29, 0.717) is 24.6 Å². The number of ether oxygens (including phenoxy) is 1. The molecule has 0 unspecified atom stereocenters. The molecule has 0 spiro atoms. The minimum Gasteiger partial charge on any atom is -0.494 e. The lowest BCUT2D eigenvalue weighted by molar-refractivity contribution is -0.119. The maximum Gasteiger partial charge on any atom is 0.239 e. The topological polar surface area (TPSA) is 84.5 Å². The third-order valence-corrected chi connectivity index (χ3v) is 6.23. The number of nitrogens with one attached hydrogen (secondary N) is 2. The zero-order valence-electron chi connectivity index (χ0n) is 17.0. The molecule has 2 aromatic rings. The van der Waals surface area contributed by atoms with E-state index in [4.69, 9.17) is 4.74 Å². The van der Waals surface area contributed by atoms with Gasteiger partial charge in [0.25, 0.3) is 0 Å². The van der Waals surface area contributed by atoms with Crippen molar-refractivity contribution in [3.05, 3.63) is 53.6 Å². The highest BCUT2D eigenvalue weighted by Gasteiger charge is 2.15. The van der Waals surface area contributed by atoms with Crippen molar-refractivity contribution in [2.24, 2.45) is 0 Å². The molecule has 0 bridgehead atoms. The molecule has 8 heteroatoms. The average molecular weight is 437 g/mol. The minimum absolute atomic E-state index is 0.000863. The Morgan fingerprint density at radius 2 is 1.86 bits per heavy atom. The molecule has 0 radical (unpaired) electrons. The van der Waals surface area contributed by atoms with Crippen LogP contribution in [0, 0.1) is 6.92 Å². The smallest absolute Gasteiger partial charge is 0.239 e. The molecule has 0 aliphatic rings. The van der Waals surface area contributed by atoms with Crippen molar-refractivity contribution in [3.63, 3.8) is 0 Å². The number of hydrogen-bond donors (Lipinski definition) is 2. The summed E-state index contributed by atoms with van der Waals surface area (Å²) in [6.07, 6.45) is 1.13. The molecular weight excluding hydrogens is 408 g/mol. The van der Waals surface area contributed by atoms with Gasteiger partial charge in [0.05, 0.1) is 23.7 Å². The number of hydrogen-bond acceptors (Lipinski definition) is 6. The quantitative estimate of drug-likeness (QED) is 0.526. The summed E-state index contributed by atoms with van der Waals surface area (Å²) in [5, 5.41) is 5.75. The SMILES string of the molecule is CCOc1ccc(NCC(=O)NCCSCc2ccc(C)cc2)c(S(C)(=O)=O)c1. The summed E-state index contributed by atoms with van der Waals surface area (Å²) in [7, 11) is -3.45. The Balaban J connectivity index is 1.77. The molecule has 2 rings (SSSR count). The van der Waals surface area contributed by atoms with E-state index in [2.05, 4.69) is 41.8 Å². The van der Waals surface area contributed by atoms with E-state index in [1.165, 1.54) is 17.2 Å². The fraction of sp³-hybridized carbons (Fsp3) is 0.381. The monoisotopic (exact) mass is 436 g/mol. The first kappa shape index (κ1) is 23.1. The molecular formula is C21H28N2O4S2. The Kier molecular flexibility index (Phi) is 8.85. The molecule has 0 aliphatic heterocycles. The lowest BCUT2D eigenvalue weighted by Gasteiger charge is -2.13. The van der Waals surface area contributed by atoms with E-state index < -0.39 is 9.84 Å². The maximum atomic E-state index is 12.1. The zero-order chi connectivity index (χ0) is 21.3. The van der Waals surface area contributed by atoms with Crippen molar-refractivity contribution in [2.45, 2.75) is 24.5 Å². The van der Waals surface area contributed by atoms with Gasteiger partial charge >= 0.3 is 0 Å². The highest BCUT2D eigenvalue weighted by Crippen LogP contribution is 2.26. The maximum absolute atomic E-state index is 12.1. The number of sulfone groups is 1. The summed E-state index contributed by atoms with van der Waals surface area (Å²) in [5.41, 5.74) is 2.89. The second-order valence-electron chi connectivity index (χ2n) is 6.60. The van der Waals surface area contributed by atoms with Crippen LogP contribution in [0.4, 0.5) is 5.69 Å². The van der Waals surface area contributed by atoms with Crippen LogP contribution in [-0.2, 0) is 20.4 Å². The van der Waals surface area contributed by atoms with Crippen LogP contribution < -0.4 is 15.4 Å². The van der Waals surface area contributed by atoms with Gasteiger partial charge in [-0.15, -0.1) is 0 Å². The fourth-order valence-electron chi connectivity index (χ4n) is 2.59. The van der Waals surface area contributed by atoms with Gasteiger partial charge in [-0.25, -0.2) is 8.42 Å². The van der Waals surface area contributed by atoms with Crippen molar-refractivity contribution in [1.82, 2.24) is 5.32 Å². The highest BCUT2D eigenvalue weighted by molar-refractivity contribution is 7.98. The van der Waals surface area contributed by atoms with Crippen molar-refractivity contribution >= 4 is 33.2 Å². The third-order valence-electron chi connectivity index (χ3n) is 4.06. The van der Waals surface area contributed by atoms with Gasteiger partial charge in [-0.05, 0) is 31.5 Å². The molecule has 158 valence electrons. The number of aryl methyl sites for hydroxylation is 1. The summed E-state index contributed by atoms with van der Waals surface area (Å²) in [4.78, 5) is 12.2. The first-order chi connectivity index (χ1) is 13.8. The third kappa shape index (κ3) is 7.98. The lowest BCUT2D eigenvalue weighted by atomic mass is 10.2. The van der Waals surface area contributed by atoms with E-state index in [0.717, 1.165) is 17.8 Å². The summed E-state index contributed by atoms with van der Waals surface area (Å²) in [5.74, 6) is 2.00. The largest absolute Gasteiger partial charge is 0.494 e. The Labute approximate surface area is 177 Å². The standard InChI is InChI=1S/C21H28N2O4S2/c1-4-27-18-9-10-19(20(13-18)29(3,25)26)23-14-21(24)22-11-12-28-15-17-7-5-16(2)6-8-17/h5-10,13,23H,4,11-12,14-15H2,1-3H3,(H,22,24). The summed E-state index contributed by atoms with van der Waals surface area (Å²) in [6, 6.07) is 13.2. The van der Waals surface area contributed by atoms with Crippen LogP contribution in [0.1, 0.15) is 18.1 Å². The molecule has 0 fully saturated rings. The first-order valence-electron chi connectivity index (χ1n) is 9.40. The van der Waals surface area contributed by atoms with Crippen molar-refractivity contribution < 1.29 is 17.9 Å². The summed E-state index contributed by atoms with van der Waals surface area (Å²) >= 11 is 1.75. The van der Waals surface area contributed by atoms with E-state index in [9.17, 15) is 13.2 Å². The average Bonchev–Trinajstić information content (AvgIpc) is 2.67. The van der Waals surface area contributed by atoms with Gasteiger partial charge in [-0.1, -0.05) is 29.8 Å². The van der Waals surface area contributed by atoms with Gasteiger partial charge in [0.15, 0.2) is 9.84 Å². The van der Waals surface area contributed by atoms with E-state index >= 15 is 0 Å². The van der Waals surface area contributed by atoms with Gasteiger partial charge in [0.1, 0.15) is 5.75 Å². The molecule has 0 saturated carbocycles. The van der Waals surface area contributed by atoms with Crippen LogP contribution in [0.15, 0.2) is 47.4 Å². The lowest BCUT2D eigenvalue weighted by Crippen LogP contribution is -2.31. The molecule has 29 heavy (non-hydrogen) atoms. The number of anilines is 1. The molecule has 0 aromatic heterocycles. The van der Waals surface area contributed by atoms with Crippen LogP contribution in [0.3, 0.4) is 0 Å². The molecule has 0 heterocycles. The molecule has 2 aromatic carbocycles. The normalized spacial score (nSPS) is 11.1. The Hall–Kier alpha value is -2.19. The van der Waals surface area contributed by atoms with Crippen LogP contribution in [0.2, 0.25) is 0 Å². The fourth-order valence-corrected chi connectivity index (χ4v) is 4.28. The number of carbonyl (C=O) groups is 1. The van der Waals surface area contributed by atoms with Gasteiger partial charge in [0.2, 0.25) is 5.91 Å². The molecule has 0 atom stereocenters. The van der Waals surface area contributed by atoms with E-state index in [1.807, 2.05) is 6.92 Å². The first-order valence-corrected chi connectivity index (χ1v) is 12.4. The Bertz CT molecular complexity index is 913. The van der Waals surface area contributed by atoms with Gasteiger partial charge in [-0.3, -0.25) is 4.79 Å². The zero-order valence-corrected chi connectivity index (χ0v) is 18.7. The van der Waals surface area contributed by atoms with Crippen molar-refractivity contribution in [2.75, 3.05) is 37.0 Å². The van der Waals surface area contributed by atoms with Gasteiger partial charge in [0, 0.05) is 30.4 Å². The number of amides is 1. The highest BCUT2D eigenvalue weighted by atomic mass is 32.2. The van der Waals surface area contributed by atoms with E-state index in [-0.39, 0.29) is 17.3 Å². The second-order valence-corrected chi connectivity index (χ2v) is 9.69. The van der Waals surface area contributed by atoms with Crippen molar-refractivity contribution in [3.8, 4) is 5.75 Å². The van der Waals surface area contributed by atoms with Crippen LogP contribution in [0.5, 0.6) is 5.75 Å². The summed E-state index contributed by atoms with van der Waals surface area (Å²) in [6.45, 7) is 4.89. The van der Waals surface area contributed by atoms with Gasteiger partial charge in [-0.2, -0.15) is 11.8 Å². The van der Waals surface area contributed by atoms with Crippen molar-refractivity contribution in [1.29, 1.82) is 0 Å². The summed E-state index contributed by atoms with van der Waals surface area (Å²) < 4.78 is 29.4. The molecule has 0 saturated heterocycles. The second kappa shape index (κ2) is 11.1. The van der Waals surface area contributed by atoms with E-state index in [1.54, 1.807) is 23.9 Å². The number of thioether (sulfide) groups is 1. The Morgan fingerprint density at radius 3 is 2.52 bits per heavy atom. The number of benzene rings is 2. The van der Waals surface area contributed by atoms with Crippen LogP contribution >= 0.6 is 11.8 Å². The molecule has 1 amide bonds. The van der Waals surface area contributed by atoms with Gasteiger partial charge < -0.3 is 15.4 Å². The molecule has 2 N–H and O–H groups in total. The predicted molar refractivity (Wildman–Crippen MR) is 120 cm³/mol. The minimum atomic E-state index is -3.45. The predicted octanol–water partition coefficient (Wildman–Crippen LogP) is 3.26.